The first-order chi connectivity index (χ1) is 7.50. The molecule has 1 rings (SSSR count). The van der Waals surface area contributed by atoms with E-state index in [2.05, 4.69) is 5.32 Å². The molecule has 4 nitrogen and oxygen atoms in total. The number of rotatable bonds is 4. The first kappa shape index (κ1) is 12.5. The minimum Gasteiger partial charge on any atom is -0.480 e. The molecule has 0 spiro atoms. The van der Waals surface area contributed by atoms with Gasteiger partial charge in [-0.1, -0.05) is 23.7 Å². The highest BCUT2D eigenvalue weighted by Gasteiger charge is 2.15. The van der Waals surface area contributed by atoms with Crippen molar-refractivity contribution in [1.29, 1.82) is 0 Å². The molecule has 0 aliphatic carbocycles. The summed E-state index contributed by atoms with van der Waals surface area (Å²) in [7, 11) is 0. The maximum absolute atomic E-state index is 11.5. The Labute approximate surface area is 98.2 Å². The van der Waals surface area contributed by atoms with Crippen molar-refractivity contribution in [3.05, 3.63) is 34.9 Å². The third-order valence-electron chi connectivity index (χ3n) is 2.16. The van der Waals surface area contributed by atoms with Gasteiger partial charge in [0.15, 0.2) is 0 Å². The second-order valence-corrected chi connectivity index (χ2v) is 3.82. The number of benzene rings is 1. The molecule has 1 aromatic rings. The predicted molar refractivity (Wildman–Crippen MR) is 60.5 cm³/mol. The molecular formula is C11H12ClNO3. The summed E-state index contributed by atoms with van der Waals surface area (Å²) in [6.07, 6.45) is 0. The average Bonchev–Trinajstić information content (AvgIpc) is 2.24. The number of carboxylic acid groups (broad SMARTS) is 1. The van der Waals surface area contributed by atoms with E-state index in [9.17, 15) is 9.59 Å². The Bertz CT molecular complexity index is 406. The highest BCUT2D eigenvalue weighted by atomic mass is 35.5. The van der Waals surface area contributed by atoms with Gasteiger partial charge in [-0.3, -0.25) is 9.59 Å². The molecule has 0 saturated heterocycles. The fourth-order valence-corrected chi connectivity index (χ4v) is 1.44. The van der Waals surface area contributed by atoms with Crippen molar-refractivity contribution in [3.63, 3.8) is 0 Å². The van der Waals surface area contributed by atoms with Crippen molar-refractivity contribution in [3.8, 4) is 0 Å². The third-order valence-corrected chi connectivity index (χ3v) is 2.39. The molecule has 0 fully saturated rings. The van der Waals surface area contributed by atoms with Crippen LogP contribution >= 0.6 is 11.6 Å². The van der Waals surface area contributed by atoms with Crippen molar-refractivity contribution in [2.75, 3.05) is 6.54 Å². The molecule has 0 heterocycles. The van der Waals surface area contributed by atoms with Gasteiger partial charge in [0.2, 0.25) is 5.91 Å². The standard InChI is InChI=1S/C11H12ClNO3/c1-7(11(16)13-6-10(14)15)8-3-2-4-9(12)5-8/h2-5,7H,6H2,1H3,(H,13,16)(H,14,15). The highest BCUT2D eigenvalue weighted by Crippen LogP contribution is 2.19. The van der Waals surface area contributed by atoms with Crippen molar-refractivity contribution >= 4 is 23.5 Å². The number of carbonyl (C=O) groups is 2. The zero-order valence-corrected chi connectivity index (χ0v) is 9.49. The second kappa shape index (κ2) is 5.51. The van der Waals surface area contributed by atoms with E-state index < -0.39 is 11.9 Å². The number of amides is 1. The summed E-state index contributed by atoms with van der Waals surface area (Å²) in [6, 6.07) is 6.93. The van der Waals surface area contributed by atoms with Gasteiger partial charge in [-0.15, -0.1) is 0 Å². The minimum atomic E-state index is -1.06. The van der Waals surface area contributed by atoms with Crippen molar-refractivity contribution in [1.82, 2.24) is 5.32 Å². The summed E-state index contributed by atoms with van der Waals surface area (Å²) >= 11 is 5.80. The van der Waals surface area contributed by atoms with Crippen LogP contribution in [0, 0.1) is 0 Å². The Kier molecular flexibility index (Phi) is 4.31. The van der Waals surface area contributed by atoms with Crippen LogP contribution in [0.3, 0.4) is 0 Å². The van der Waals surface area contributed by atoms with Crippen LogP contribution in [-0.2, 0) is 9.59 Å². The van der Waals surface area contributed by atoms with E-state index in [1.807, 2.05) is 0 Å². The van der Waals surface area contributed by atoms with E-state index in [1.165, 1.54) is 0 Å². The van der Waals surface area contributed by atoms with Gasteiger partial charge >= 0.3 is 5.97 Å². The van der Waals surface area contributed by atoms with Crippen LogP contribution in [0.2, 0.25) is 5.02 Å². The van der Waals surface area contributed by atoms with E-state index >= 15 is 0 Å². The van der Waals surface area contributed by atoms with Crippen molar-refractivity contribution in [2.45, 2.75) is 12.8 Å². The summed E-state index contributed by atoms with van der Waals surface area (Å²) in [6.45, 7) is 1.33. The summed E-state index contributed by atoms with van der Waals surface area (Å²) in [5.41, 5.74) is 0.760. The SMILES string of the molecule is CC(C(=O)NCC(=O)O)c1cccc(Cl)c1. The van der Waals surface area contributed by atoms with Crippen molar-refractivity contribution < 1.29 is 14.7 Å². The summed E-state index contributed by atoms with van der Waals surface area (Å²) in [4.78, 5) is 21.8. The van der Waals surface area contributed by atoms with E-state index in [0.29, 0.717) is 5.02 Å². The normalized spacial score (nSPS) is 11.9. The zero-order chi connectivity index (χ0) is 12.1. The molecular weight excluding hydrogens is 230 g/mol. The Morgan fingerprint density at radius 3 is 2.75 bits per heavy atom. The van der Waals surface area contributed by atoms with Gasteiger partial charge in [0.25, 0.3) is 0 Å². The Morgan fingerprint density at radius 2 is 2.19 bits per heavy atom. The van der Waals surface area contributed by atoms with E-state index in [4.69, 9.17) is 16.7 Å². The van der Waals surface area contributed by atoms with E-state index in [1.54, 1.807) is 31.2 Å². The first-order valence-electron chi connectivity index (χ1n) is 4.75. The maximum Gasteiger partial charge on any atom is 0.322 e. The molecule has 5 heteroatoms. The largest absolute Gasteiger partial charge is 0.480 e. The fourth-order valence-electron chi connectivity index (χ4n) is 1.24. The van der Waals surface area contributed by atoms with Crippen LogP contribution in [0.5, 0.6) is 0 Å². The third kappa shape index (κ3) is 3.55. The fraction of sp³-hybridized carbons (Fsp3) is 0.273. The number of carboxylic acids is 1. The molecule has 0 aliphatic rings. The summed E-state index contributed by atoms with van der Waals surface area (Å²) < 4.78 is 0. The van der Waals surface area contributed by atoms with Gasteiger partial charge in [-0.25, -0.2) is 0 Å². The lowest BCUT2D eigenvalue weighted by Gasteiger charge is -2.11. The molecule has 0 aromatic heterocycles. The van der Waals surface area contributed by atoms with Gasteiger partial charge < -0.3 is 10.4 Å². The molecule has 86 valence electrons. The van der Waals surface area contributed by atoms with Gasteiger partial charge in [-0.2, -0.15) is 0 Å². The van der Waals surface area contributed by atoms with Crippen LogP contribution in [0.15, 0.2) is 24.3 Å². The number of hydrogen-bond donors (Lipinski definition) is 2. The van der Waals surface area contributed by atoms with Crippen LogP contribution in [0.25, 0.3) is 0 Å². The smallest absolute Gasteiger partial charge is 0.322 e. The van der Waals surface area contributed by atoms with Crippen LogP contribution in [0.4, 0.5) is 0 Å². The van der Waals surface area contributed by atoms with Crippen LogP contribution in [-0.4, -0.2) is 23.5 Å². The van der Waals surface area contributed by atoms with E-state index in [0.717, 1.165) is 5.56 Å². The number of carbonyl (C=O) groups excluding carboxylic acids is 1. The average molecular weight is 242 g/mol. The zero-order valence-electron chi connectivity index (χ0n) is 8.74. The topological polar surface area (TPSA) is 66.4 Å². The molecule has 0 radical (unpaired) electrons. The quantitative estimate of drug-likeness (QED) is 0.842. The van der Waals surface area contributed by atoms with Gasteiger partial charge in [0, 0.05) is 5.02 Å². The first-order valence-corrected chi connectivity index (χ1v) is 5.13. The van der Waals surface area contributed by atoms with Gasteiger partial charge in [-0.05, 0) is 24.6 Å². The molecule has 1 aromatic carbocycles. The van der Waals surface area contributed by atoms with Crippen molar-refractivity contribution in [2.24, 2.45) is 0 Å². The van der Waals surface area contributed by atoms with E-state index in [-0.39, 0.29) is 12.5 Å². The number of halogens is 1. The van der Waals surface area contributed by atoms with Gasteiger partial charge in [0.1, 0.15) is 6.54 Å². The number of nitrogens with one attached hydrogen (secondary N) is 1. The lowest BCUT2D eigenvalue weighted by molar-refractivity contribution is -0.138. The molecule has 2 N–H and O–H groups in total. The van der Waals surface area contributed by atoms with Crippen LogP contribution < -0.4 is 5.32 Å². The van der Waals surface area contributed by atoms with Gasteiger partial charge in [0.05, 0.1) is 5.92 Å². The molecule has 0 bridgehead atoms. The monoisotopic (exact) mass is 241 g/mol. The molecule has 0 saturated carbocycles. The summed E-state index contributed by atoms with van der Waals surface area (Å²) in [5.74, 6) is -1.81. The molecule has 16 heavy (non-hydrogen) atoms. The molecule has 1 unspecified atom stereocenters. The lowest BCUT2D eigenvalue weighted by Crippen LogP contribution is -2.32. The Morgan fingerprint density at radius 1 is 1.50 bits per heavy atom. The Hall–Kier alpha value is -1.55. The number of hydrogen-bond acceptors (Lipinski definition) is 2. The highest BCUT2D eigenvalue weighted by molar-refractivity contribution is 6.30. The number of aliphatic carboxylic acids is 1. The maximum atomic E-state index is 11.5. The second-order valence-electron chi connectivity index (χ2n) is 3.39. The molecule has 1 atom stereocenters. The minimum absolute atomic E-state index is 0.329. The van der Waals surface area contributed by atoms with Crippen LogP contribution in [0.1, 0.15) is 18.4 Å². The lowest BCUT2D eigenvalue weighted by atomic mass is 10.0. The predicted octanol–water partition coefficient (Wildman–Crippen LogP) is 1.64. The summed E-state index contributed by atoms with van der Waals surface area (Å²) in [5, 5.41) is 11.3. The molecule has 1 amide bonds. The molecule has 0 aliphatic heterocycles. The Balaban J connectivity index is 2.66.